The van der Waals surface area contributed by atoms with Crippen LogP contribution in [-0.4, -0.2) is 29.2 Å². The van der Waals surface area contributed by atoms with Crippen LogP contribution < -0.4 is 0 Å². The van der Waals surface area contributed by atoms with Crippen molar-refractivity contribution in [1.82, 2.24) is 4.98 Å². The van der Waals surface area contributed by atoms with Crippen LogP contribution >= 0.6 is 32.9 Å². The third-order valence-corrected chi connectivity index (χ3v) is 2.11. The van der Waals surface area contributed by atoms with Crippen molar-refractivity contribution in [2.75, 3.05) is 12.4 Å². The number of methoxy groups -OCH3 is 1. The van der Waals surface area contributed by atoms with E-state index in [1.165, 1.54) is 25.6 Å². The lowest BCUT2D eigenvalue weighted by molar-refractivity contribution is 0.0600. The van der Waals surface area contributed by atoms with Crippen LogP contribution in [0.2, 0.25) is 0 Å². The van der Waals surface area contributed by atoms with Crippen LogP contribution in [0.15, 0.2) is 18.5 Å². The Kier molecular flexibility index (Phi) is 6.35. The minimum absolute atomic E-state index is 0. The summed E-state index contributed by atoms with van der Waals surface area (Å²) >= 11 is 3.04. The van der Waals surface area contributed by atoms with Crippen molar-refractivity contribution in [3.63, 3.8) is 0 Å². The van der Waals surface area contributed by atoms with Gasteiger partial charge in [-0.25, -0.2) is 4.79 Å². The molecule has 1 aromatic heterocycles. The van der Waals surface area contributed by atoms with Crippen molar-refractivity contribution < 1.29 is 14.3 Å². The molecule has 0 saturated carbocycles. The highest BCUT2D eigenvalue weighted by atomic mass is 79.9. The molecule has 0 aliphatic rings. The lowest BCUT2D eigenvalue weighted by atomic mass is 10.1. The first-order valence-electron chi connectivity index (χ1n) is 3.81. The number of nitrogens with zero attached hydrogens (tertiary/aromatic N) is 1. The average molecular weight is 339 g/mol. The molecule has 0 atom stereocenters. The Balaban J connectivity index is 0.00000196. The van der Waals surface area contributed by atoms with E-state index in [0.717, 1.165) is 0 Å². The topological polar surface area (TPSA) is 56.3 Å². The highest BCUT2D eigenvalue weighted by Crippen LogP contribution is 2.06. The number of carbonyl (C=O) groups is 2. The summed E-state index contributed by atoms with van der Waals surface area (Å²) in [5.41, 5.74) is 0.670. The quantitative estimate of drug-likeness (QED) is 0.480. The number of esters is 1. The predicted molar refractivity (Wildman–Crippen MR) is 64.0 cm³/mol. The van der Waals surface area contributed by atoms with Gasteiger partial charge in [-0.15, -0.1) is 17.0 Å². The number of hydrogen-bond donors (Lipinski definition) is 0. The van der Waals surface area contributed by atoms with E-state index in [1.54, 1.807) is 0 Å². The van der Waals surface area contributed by atoms with E-state index >= 15 is 0 Å². The summed E-state index contributed by atoms with van der Waals surface area (Å²) in [6.45, 7) is 0. The summed E-state index contributed by atoms with van der Waals surface area (Å²) in [5, 5.41) is 0.208. The molecule has 0 unspecified atom stereocenters. The van der Waals surface area contributed by atoms with Crippen molar-refractivity contribution in [2.24, 2.45) is 0 Å². The van der Waals surface area contributed by atoms with Crippen molar-refractivity contribution >= 4 is 44.7 Å². The monoisotopic (exact) mass is 337 g/mol. The molecule has 0 amide bonds. The molecule has 0 aliphatic carbocycles. The number of ether oxygens (including phenoxy) is 1. The minimum atomic E-state index is -0.498. The van der Waals surface area contributed by atoms with E-state index in [4.69, 9.17) is 0 Å². The van der Waals surface area contributed by atoms with E-state index in [0.29, 0.717) is 5.56 Å². The zero-order valence-electron chi connectivity index (χ0n) is 7.90. The lowest BCUT2D eigenvalue weighted by Gasteiger charge is -2.00. The van der Waals surface area contributed by atoms with Gasteiger partial charge in [-0.05, 0) is 6.07 Å². The van der Waals surface area contributed by atoms with Gasteiger partial charge in [0.05, 0.1) is 18.0 Å². The maximum Gasteiger partial charge on any atom is 0.339 e. The van der Waals surface area contributed by atoms with Crippen molar-refractivity contribution in [2.45, 2.75) is 0 Å². The summed E-state index contributed by atoms with van der Waals surface area (Å²) in [7, 11) is 1.28. The number of halogens is 2. The van der Waals surface area contributed by atoms with Crippen LogP contribution in [0, 0.1) is 0 Å². The molecule has 1 rings (SSSR count). The Bertz CT molecular complexity index is 337. The molecule has 0 radical (unpaired) electrons. The SMILES string of the molecule is Br.COC(=O)c1cncc(C(=O)CBr)c1. The number of rotatable bonds is 3. The molecule has 4 nitrogen and oxygen atoms in total. The number of ketones is 1. The first kappa shape index (κ1) is 14.2. The van der Waals surface area contributed by atoms with E-state index < -0.39 is 5.97 Å². The maximum atomic E-state index is 11.2. The van der Waals surface area contributed by atoms with Crippen molar-refractivity contribution in [3.05, 3.63) is 29.6 Å². The third kappa shape index (κ3) is 3.71. The Hall–Kier alpha value is -0.750. The average Bonchev–Trinajstić information content (AvgIpc) is 2.27. The van der Waals surface area contributed by atoms with E-state index in [1.807, 2.05) is 0 Å². The second kappa shape index (κ2) is 6.68. The van der Waals surface area contributed by atoms with Crippen LogP contribution in [0.4, 0.5) is 0 Å². The molecule has 0 spiro atoms. The summed E-state index contributed by atoms with van der Waals surface area (Å²) in [6, 6.07) is 1.46. The van der Waals surface area contributed by atoms with Crippen LogP contribution in [0.3, 0.4) is 0 Å². The Morgan fingerprint density at radius 1 is 1.40 bits per heavy atom. The van der Waals surface area contributed by atoms with Gasteiger partial charge in [-0.3, -0.25) is 9.78 Å². The fraction of sp³-hybridized carbons (Fsp3) is 0.222. The number of alkyl halides is 1. The lowest BCUT2D eigenvalue weighted by Crippen LogP contribution is -2.06. The number of aromatic nitrogens is 1. The Morgan fingerprint density at radius 3 is 2.53 bits per heavy atom. The maximum absolute atomic E-state index is 11.2. The van der Waals surface area contributed by atoms with Gasteiger partial charge in [0.15, 0.2) is 5.78 Å². The van der Waals surface area contributed by atoms with Crippen LogP contribution in [0.5, 0.6) is 0 Å². The summed E-state index contributed by atoms with van der Waals surface area (Å²) in [5.74, 6) is -0.620. The van der Waals surface area contributed by atoms with Crippen molar-refractivity contribution in [3.8, 4) is 0 Å². The molecule has 0 fully saturated rings. The molecular formula is C9H9Br2NO3. The number of carbonyl (C=O) groups excluding carboxylic acids is 2. The second-order valence-electron chi connectivity index (χ2n) is 2.51. The zero-order chi connectivity index (χ0) is 10.6. The van der Waals surface area contributed by atoms with Gasteiger partial charge in [0.1, 0.15) is 0 Å². The molecular weight excluding hydrogens is 330 g/mol. The Morgan fingerprint density at radius 2 is 2.00 bits per heavy atom. The van der Waals surface area contributed by atoms with Gasteiger partial charge in [0.25, 0.3) is 0 Å². The predicted octanol–water partition coefficient (Wildman–Crippen LogP) is 2.02. The van der Waals surface area contributed by atoms with Gasteiger partial charge in [-0.2, -0.15) is 0 Å². The van der Waals surface area contributed by atoms with Crippen LogP contribution in [0.1, 0.15) is 20.7 Å². The third-order valence-electron chi connectivity index (χ3n) is 1.60. The van der Waals surface area contributed by atoms with Gasteiger partial charge in [0, 0.05) is 18.0 Å². The van der Waals surface area contributed by atoms with Gasteiger partial charge in [-0.1, -0.05) is 15.9 Å². The molecule has 0 aliphatic heterocycles. The molecule has 0 aromatic carbocycles. The first-order chi connectivity index (χ1) is 6.69. The van der Waals surface area contributed by atoms with E-state index in [-0.39, 0.29) is 33.7 Å². The highest BCUT2D eigenvalue weighted by molar-refractivity contribution is 9.09. The molecule has 0 N–H and O–H groups in total. The van der Waals surface area contributed by atoms with Gasteiger partial charge < -0.3 is 4.74 Å². The normalized spacial score (nSPS) is 8.93. The number of hydrogen-bond acceptors (Lipinski definition) is 4. The first-order valence-corrected chi connectivity index (χ1v) is 4.93. The summed E-state index contributed by atoms with van der Waals surface area (Å²) in [4.78, 5) is 26.1. The zero-order valence-corrected chi connectivity index (χ0v) is 11.2. The molecule has 0 saturated heterocycles. The highest BCUT2D eigenvalue weighted by Gasteiger charge is 2.10. The van der Waals surface area contributed by atoms with E-state index in [9.17, 15) is 9.59 Å². The largest absolute Gasteiger partial charge is 0.465 e. The number of pyridine rings is 1. The fourth-order valence-electron chi connectivity index (χ4n) is 0.899. The van der Waals surface area contributed by atoms with Crippen molar-refractivity contribution in [1.29, 1.82) is 0 Å². The Labute approximate surface area is 106 Å². The number of Topliss-reactive ketones (excluding diaryl/α,β-unsaturated/α-hetero) is 1. The minimum Gasteiger partial charge on any atom is -0.465 e. The molecule has 0 bridgehead atoms. The summed E-state index contributed by atoms with van der Waals surface area (Å²) < 4.78 is 4.50. The summed E-state index contributed by atoms with van der Waals surface area (Å²) in [6.07, 6.45) is 2.77. The smallest absolute Gasteiger partial charge is 0.339 e. The molecule has 6 heteroatoms. The second-order valence-corrected chi connectivity index (χ2v) is 3.07. The standard InChI is InChI=1S/C9H8BrNO3.BrH/c1-14-9(13)7-2-6(4-11-5-7)8(12)3-10;/h2,4-5H,3H2,1H3;1H. The van der Waals surface area contributed by atoms with Gasteiger partial charge in [0.2, 0.25) is 0 Å². The fourth-order valence-corrected chi connectivity index (χ4v) is 1.22. The van der Waals surface area contributed by atoms with Gasteiger partial charge >= 0.3 is 5.97 Å². The molecule has 1 aromatic rings. The molecule has 82 valence electrons. The van der Waals surface area contributed by atoms with Crippen LogP contribution in [0.25, 0.3) is 0 Å². The van der Waals surface area contributed by atoms with E-state index in [2.05, 4.69) is 25.7 Å². The molecule has 15 heavy (non-hydrogen) atoms. The van der Waals surface area contributed by atoms with Crippen LogP contribution in [-0.2, 0) is 4.74 Å². The molecule has 1 heterocycles.